The monoisotopic (exact) mass is 373 g/mol. The van der Waals surface area contributed by atoms with Gasteiger partial charge in [0.1, 0.15) is 5.75 Å². The number of methoxy groups -OCH3 is 1. The van der Waals surface area contributed by atoms with Crippen LogP contribution < -0.4 is 4.74 Å². The fraction of sp³-hybridized carbons (Fsp3) is 0.429. The van der Waals surface area contributed by atoms with Gasteiger partial charge in [0.25, 0.3) is 0 Å². The highest BCUT2D eigenvalue weighted by Crippen LogP contribution is 2.17. The number of hydrogen-bond donors (Lipinski definition) is 0. The van der Waals surface area contributed by atoms with Crippen LogP contribution >= 0.6 is 0 Å². The molecule has 0 bridgehead atoms. The molecule has 6 nitrogen and oxygen atoms in total. The second kappa shape index (κ2) is 9.92. The molecule has 0 fully saturated rings. The Bertz CT molecular complexity index is 794. The normalized spacial score (nSPS) is 10.7. The minimum absolute atomic E-state index is 0.218. The molecule has 0 saturated heterocycles. The van der Waals surface area contributed by atoms with E-state index in [2.05, 4.69) is 4.57 Å². The molecule has 0 aliphatic rings. The Kier molecular flexibility index (Phi) is 7.61. The lowest BCUT2D eigenvalue weighted by Gasteiger charge is -2.09. The van der Waals surface area contributed by atoms with E-state index in [0.717, 1.165) is 29.9 Å². The van der Waals surface area contributed by atoms with E-state index in [4.69, 9.17) is 14.2 Å². The fourth-order valence-electron chi connectivity index (χ4n) is 2.91. The summed E-state index contributed by atoms with van der Waals surface area (Å²) in [5.74, 6) is -0.193. The Labute approximate surface area is 160 Å². The number of ether oxygens (including phenoxy) is 3. The van der Waals surface area contributed by atoms with Crippen molar-refractivity contribution in [1.29, 1.82) is 0 Å². The fourth-order valence-corrected chi connectivity index (χ4v) is 2.91. The molecule has 0 unspecified atom stereocenters. The summed E-state index contributed by atoms with van der Waals surface area (Å²) in [6.07, 6.45) is 0.867. The predicted molar refractivity (Wildman–Crippen MR) is 102 cm³/mol. The van der Waals surface area contributed by atoms with Gasteiger partial charge in [0, 0.05) is 37.2 Å². The zero-order valence-electron chi connectivity index (χ0n) is 16.4. The summed E-state index contributed by atoms with van der Waals surface area (Å²) in [5, 5.41) is 0. The molecular weight excluding hydrogens is 346 g/mol. The molecule has 1 heterocycles. The highest BCUT2D eigenvalue weighted by Gasteiger charge is 2.17. The van der Waals surface area contributed by atoms with Crippen LogP contribution in [0.15, 0.2) is 30.3 Å². The molecule has 0 aliphatic carbocycles. The van der Waals surface area contributed by atoms with Crippen LogP contribution in [0.5, 0.6) is 5.75 Å². The maximum Gasteiger partial charge on any atom is 0.344 e. The van der Waals surface area contributed by atoms with Gasteiger partial charge in [-0.15, -0.1) is 0 Å². The van der Waals surface area contributed by atoms with Gasteiger partial charge < -0.3 is 18.8 Å². The first kappa shape index (κ1) is 20.7. The second-order valence-corrected chi connectivity index (χ2v) is 6.47. The van der Waals surface area contributed by atoms with Crippen LogP contribution in [0.3, 0.4) is 0 Å². The van der Waals surface area contributed by atoms with Gasteiger partial charge in [-0.3, -0.25) is 4.79 Å². The first-order chi connectivity index (χ1) is 12.9. The number of carbonyl (C=O) groups excluding carboxylic acids is 2. The highest BCUT2D eigenvalue weighted by molar-refractivity contribution is 5.99. The van der Waals surface area contributed by atoms with Crippen LogP contribution in [-0.2, 0) is 20.8 Å². The Balaban J connectivity index is 1.86. The molecule has 0 N–H and O–H groups in total. The van der Waals surface area contributed by atoms with Crippen molar-refractivity contribution in [2.75, 3.05) is 26.9 Å². The zero-order valence-corrected chi connectivity index (χ0v) is 16.4. The standard InChI is InChI=1S/C21H27NO5/c1-15-7-5-8-18(11-15)26-14-21(24)27-13-20(23)19-12-16(2)22(17(19)3)9-6-10-25-4/h5,7-8,11-12H,6,9-10,13-14H2,1-4H3. The largest absolute Gasteiger partial charge is 0.482 e. The third-order valence-electron chi connectivity index (χ3n) is 4.31. The Morgan fingerprint density at radius 2 is 1.85 bits per heavy atom. The van der Waals surface area contributed by atoms with E-state index in [9.17, 15) is 9.59 Å². The van der Waals surface area contributed by atoms with Crippen molar-refractivity contribution >= 4 is 11.8 Å². The van der Waals surface area contributed by atoms with E-state index in [1.807, 2.05) is 45.0 Å². The van der Waals surface area contributed by atoms with Crippen molar-refractivity contribution in [2.45, 2.75) is 33.7 Å². The third kappa shape index (κ3) is 5.96. The minimum atomic E-state index is -0.571. The molecule has 0 amide bonds. The van der Waals surface area contributed by atoms with E-state index < -0.39 is 5.97 Å². The van der Waals surface area contributed by atoms with Crippen molar-refractivity contribution in [3.8, 4) is 5.75 Å². The molecule has 6 heteroatoms. The summed E-state index contributed by atoms with van der Waals surface area (Å²) < 4.78 is 17.6. The van der Waals surface area contributed by atoms with Crippen molar-refractivity contribution in [3.05, 3.63) is 52.8 Å². The lowest BCUT2D eigenvalue weighted by Crippen LogP contribution is -2.20. The van der Waals surface area contributed by atoms with E-state index >= 15 is 0 Å². The average Bonchev–Trinajstić information content (AvgIpc) is 2.93. The number of aromatic nitrogens is 1. The van der Waals surface area contributed by atoms with Crippen LogP contribution in [0.4, 0.5) is 0 Å². The van der Waals surface area contributed by atoms with E-state index in [0.29, 0.717) is 17.9 Å². The van der Waals surface area contributed by atoms with Gasteiger partial charge in [0.05, 0.1) is 0 Å². The van der Waals surface area contributed by atoms with Gasteiger partial charge in [-0.1, -0.05) is 12.1 Å². The Morgan fingerprint density at radius 1 is 1.07 bits per heavy atom. The number of benzene rings is 1. The molecule has 0 radical (unpaired) electrons. The lowest BCUT2D eigenvalue weighted by molar-refractivity contribution is -0.144. The maximum absolute atomic E-state index is 12.4. The molecule has 0 saturated carbocycles. The molecule has 2 rings (SSSR count). The predicted octanol–water partition coefficient (Wildman–Crippen LogP) is 3.25. The number of carbonyl (C=O) groups is 2. The smallest absolute Gasteiger partial charge is 0.344 e. The molecule has 0 spiro atoms. The summed E-state index contributed by atoms with van der Waals surface area (Å²) >= 11 is 0. The summed E-state index contributed by atoms with van der Waals surface area (Å²) in [5.41, 5.74) is 3.50. The van der Waals surface area contributed by atoms with Gasteiger partial charge in [0.2, 0.25) is 5.78 Å². The summed E-state index contributed by atoms with van der Waals surface area (Å²) in [7, 11) is 1.67. The van der Waals surface area contributed by atoms with Gasteiger partial charge in [-0.25, -0.2) is 4.79 Å². The number of hydrogen-bond acceptors (Lipinski definition) is 5. The van der Waals surface area contributed by atoms with Crippen LogP contribution in [0.1, 0.15) is 33.7 Å². The summed E-state index contributed by atoms with van der Waals surface area (Å²) in [4.78, 5) is 24.3. The molecule has 2 aromatic rings. The van der Waals surface area contributed by atoms with Crippen LogP contribution in [0.25, 0.3) is 0 Å². The van der Waals surface area contributed by atoms with Crippen LogP contribution in [0.2, 0.25) is 0 Å². The molecule has 146 valence electrons. The Morgan fingerprint density at radius 3 is 2.56 bits per heavy atom. The second-order valence-electron chi connectivity index (χ2n) is 6.47. The van der Waals surface area contributed by atoms with Crippen molar-refractivity contribution in [2.24, 2.45) is 0 Å². The first-order valence-electron chi connectivity index (χ1n) is 8.96. The number of ketones is 1. The van der Waals surface area contributed by atoms with Crippen molar-refractivity contribution in [1.82, 2.24) is 4.57 Å². The van der Waals surface area contributed by atoms with Crippen molar-refractivity contribution in [3.63, 3.8) is 0 Å². The lowest BCUT2D eigenvalue weighted by atomic mass is 10.1. The molecule has 0 atom stereocenters. The maximum atomic E-state index is 12.4. The number of aryl methyl sites for hydroxylation is 2. The van der Waals surface area contributed by atoms with Gasteiger partial charge in [0.15, 0.2) is 13.2 Å². The first-order valence-corrected chi connectivity index (χ1v) is 8.96. The van der Waals surface area contributed by atoms with Gasteiger partial charge in [-0.05, 0) is 51.0 Å². The number of nitrogens with zero attached hydrogens (tertiary/aromatic N) is 1. The Hall–Kier alpha value is -2.60. The summed E-state index contributed by atoms with van der Waals surface area (Å²) in [6.45, 7) is 6.72. The van der Waals surface area contributed by atoms with E-state index in [1.165, 1.54) is 0 Å². The zero-order chi connectivity index (χ0) is 19.8. The van der Waals surface area contributed by atoms with Gasteiger partial charge >= 0.3 is 5.97 Å². The summed E-state index contributed by atoms with van der Waals surface area (Å²) in [6, 6.07) is 9.22. The van der Waals surface area contributed by atoms with Crippen LogP contribution in [-0.4, -0.2) is 43.3 Å². The molecule has 0 aliphatic heterocycles. The topological polar surface area (TPSA) is 66.8 Å². The SMILES string of the molecule is COCCCn1c(C)cc(C(=O)COC(=O)COc2cccc(C)c2)c1C. The number of esters is 1. The minimum Gasteiger partial charge on any atom is -0.482 e. The number of rotatable bonds is 10. The molecule has 27 heavy (non-hydrogen) atoms. The average molecular weight is 373 g/mol. The number of Topliss-reactive ketones (excluding diaryl/α,β-unsaturated/α-hetero) is 1. The van der Waals surface area contributed by atoms with E-state index in [1.54, 1.807) is 13.2 Å². The van der Waals surface area contributed by atoms with Crippen LogP contribution in [0, 0.1) is 20.8 Å². The highest BCUT2D eigenvalue weighted by atomic mass is 16.6. The van der Waals surface area contributed by atoms with E-state index in [-0.39, 0.29) is 19.0 Å². The molecule has 1 aromatic heterocycles. The van der Waals surface area contributed by atoms with Crippen molar-refractivity contribution < 1.29 is 23.8 Å². The van der Waals surface area contributed by atoms with Gasteiger partial charge in [-0.2, -0.15) is 0 Å². The molecule has 1 aromatic carbocycles. The molecular formula is C21H27NO5. The third-order valence-corrected chi connectivity index (χ3v) is 4.31. The quantitative estimate of drug-likeness (QED) is 0.363.